The molecule has 0 bridgehead atoms. The third-order valence-electron chi connectivity index (χ3n) is 4.84. The van der Waals surface area contributed by atoms with Crippen molar-refractivity contribution in [3.63, 3.8) is 0 Å². The summed E-state index contributed by atoms with van der Waals surface area (Å²) in [6, 6.07) is 13.0. The Morgan fingerprint density at radius 3 is 1.71 bits per heavy atom. The van der Waals surface area contributed by atoms with E-state index in [1.165, 1.54) is 4.57 Å². The van der Waals surface area contributed by atoms with Gasteiger partial charge in [-0.25, -0.2) is 22.0 Å². The summed E-state index contributed by atoms with van der Waals surface area (Å²) in [5, 5.41) is 0.683. The largest absolute Gasteiger partial charge is 0.459 e. The van der Waals surface area contributed by atoms with Crippen molar-refractivity contribution in [2.24, 2.45) is 0 Å². The molecule has 0 saturated heterocycles. The van der Waals surface area contributed by atoms with Gasteiger partial charge < -0.3 is 9.30 Å². The number of rotatable bonds is 4. The number of para-hydroxylation sites is 2. The number of benzene rings is 3. The molecule has 9 heteroatoms. The van der Waals surface area contributed by atoms with Crippen LogP contribution in [0.3, 0.4) is 0 Å². The van der Waals surface area contributed by atoms with Crippen molar-refractivity contribution in [2.45, 2.75) is 13.2 Å². The van der Waals surface area contributed by atoms with Gasteiger partial charge in [-0.2, -0.15) is 0 Å². The lowest BCUT2D eigenvalue weighted by atomic mass is 10.1. The van der Waals surface area contributed by atoms with E-state index in [1.807, 2.05) is 0 Å². The molecule has 0 atom stereocenters. The number of hydrogen-bond donors (Lipinski definition) is 0. The number of esters is 1. The highest BCUT2D eigenvalue weighted by atomic mass is 19.2. The minimum absolute atomic E-state index is 0.239. The highest BCUT2D eigenvalue weighted by Crippen LogP contribution is 2.24. The molecular formula is C22H12F5NO3. The Kier molecular flexibility index (Phi) is 5.18. The maximum Gasteiger partial charge on any atom is 0.326 e. The Labute approximate surface area is 171 Å². The van der Waals surface area contributed by atoms with Crippen LogP contribution in [0.1, 0.15) is 5.56 Å². The molecule has 4 rings (SSSR count). The molecule has 0 radical (unpaired) electrons. The fourth-order valence-electron chi connectivity index (χ4n) is 3.35. The monoisotopic (exact) mass is 433 g/mol. The zero-order chi connectivity index (χ0) is 22.3. The van der Waals surface area contributed by atoms with Gasteiger partial charge in [-0.1, -0.05) is 24.3 Å². The molecule has 0 fully saturated rings. The number of pyridine rings is 1. The Morgan fingerprint density at radius 1 is 0.742 bits per heavy atom. The van der Waals surface area contributed by atoms with Crippen molar-refractivity contribution in [3.8, 4) is 0 Å². The molecule has 31 heavy (non-hydrogen) atoms. The average molecular weight is 433 g/mol. The summed E-state index contributed by atoms with van der Waals surface area (Å²) in [5.74, 6) is -11.7. The SMILES string of the molecule is O=C(Cn1c2ccccc2c(=O)c2ccccc21)OCc1c(F)c(F)c(F)c(F)c1F. The van der Waals surface area contributed by atoms with Crippen molar-refractivity contribution < 1.29 is 31.5 Å². The second-order valence-electron chi connectivity index (χ2n) is 6.66. The van der Waals surface area contributed by atoms with Gasteiger partial charge in [0.15, 0.2) is 28.7 Å². The van der Waals surface area contributed by atoms with Crippen molar-refractivity contribution in [1.29, 1.82) is 0 Å². The van der Waals surface area contributed by atoms with Crippen LogP contribution in [0.15, 0.2) is 53.3 Å². The first kappa shape index (κ1) is 20.5. The predicted octanol–water partition coefficient (Wildman–Crippen LogP) is 4.59. The molecule has 158 valence electrons. The molecule has 3 aromatic carbocycles. The molecule has 0 spiro atoms. The molecule has 1 heterocycles. The summed E-state index contributed by atoms with van der Waals surface area (Å²) < 4.78 is 73.7. The van der Waals surface area contributed by atoms with E-state index in [1.54, 1.807) is 48.5 Å². The molecule has 0 aliphatic heterocycles. The molecule has 0 aliphatic rings. The van der Waals surface area contributed by atoms with E-state index < -0.39 is 53.8 Å². The summed E-state index contributed by atoms with van der Waals surface area (Å²) in [6.07, 6.45) is 0. The normalized spacial score (nSPS) is 11.3. The molecule has 0 aliphatic carbocycles. The van der Waals surface area contributed by atoms with E-state index in [0.717, 1.165) is 0 Å². The third kappa shape index (κ3) is 3.41. The van der Waals surface area contributed by atoms with Crippen molar-refractivity contribution in [3.05, 3.63) is 93.4 Å². The van der Waals surface area contributed by atoms with Crippen molar-refractivity contribution >= 4 is 27.8 Å². The van der Waals surface area contributed by atoms with Crippen LogP contribution in [0.4, 0.5) is 22.0 Å². The van der Waals surface area contributed by atoms with Gasteiger partial charge in [0.25, 0.3) is 0 Å². The second-order valence-corrected chi connectivity index (χ2v) is 6.66. The van der Waals surface area contributed by atoms with Crippen LogP contribution in [0.5, 0.6) is 0 Å². The van der Waals surface area contributed by atoms with Gasteiger partial charge in [-0.3, -0.25) is 9.59 Å². The number of carbonyl (C=O) groups excluding carboxylic acids is 1. The van der Waals surface area contributed by atoms with Crippen molar-refractivity contribution in [1.82, 2.24) is 4.57 Å². The van der Waals surface area contributed by atoms with Gasteiger partial charge in [-0.15, -0.1) is 0 Å². The van der Waals surface area contributed by atoms with E-state index in [2.05, 4.69) is 0 Å². The van der Waals surface area contributed by atoms with Gasteiger partial charge in [0.2, 0.25) is 5.82 Å². The fraction of sp³-hybridized carbons (Fsp3) is 0.0909. The smallest absolute Gasteiger partial charge is 0.326 e. The van der Waals surface area contributed by atoms with Gasteiger partial charge in [0, 0.05) is 10.8 Å². The standard InChI is InChI=1S/C22H12F5NO3/c23-17-13(18(24)20(26)21(27)19(17)25)10-31-16(29)9-28-14-7-3-1-5-11(14)22(30)12-6-2-4-8-15(12)28/h1-8H,9-10H2. The molecule has 0 amide bonds. The zero-order valence-corrected chi connectivity index (χ0v) is 15.6. The summed E-state index contributed by atoms with van der Waals surface area (Å²) >= 11 is 0. The Balaban J connectivity index is 1.69. The van der Waals surface area contributed by atoms with Gasteiger partial charge in [0.1, 0.15) is 13.2 Å². The number of halogens is 5. The number of carbonyl (C=O) groups is 1. The minimum Gasteiger partial charge on any atom is -0.459 e. The van der Waals surface area contributed by atoms with E-state index in [-0.39, 0.29) is 5.43 Å². The number of hydrogen-bond acceptors (Lipinski definition) is 3. The van der Waals surface area contributed by atoms with Crippen molar-refractivity contribution in [2.75, 3.05) is 0 Å². The molecule has 0 N–H and O–H groups in total. The Morgan fingerprint density at radius 2 is 1.19 bits per heavy atom. The number of nitrogens with zero attached hydrogens (tertiary/aromatic N) is 1. The van der Waals surface area contributed by atoms with E-state index in [4.69, 9.17) is 4.74 Å². The maximum absolute atomic E-state index is 13.8. The third-order valence-corrected chi connectivity index (χ3v) is 4.84. The van der Waals surface area contributed by atoms with Crippen LogP contribution >= 0.6 is 0 Å². The van der Waals surface area contributed by atoms with E-state index in [9.17, 15) is 31.5 Å². The zero-order valence-electron chi connectivity index (χ0n) is 15.6. The first-order chi connectivity index (χ1) is 14.8. The minimum atomic E-state index is -2.30. The molecule has 4 nitrogen and oxygen atoms in total. The summed E-state index contributed by atoms with van der Waals surface area (Å²) in [4.78, 5) is 25.1. The van der Waals surface area contributed by atoms with E-state index >= 15 is 0 Å². The number of fused-ring (bicyclic) bond motifs is 2. The summed E-state index contributed by atoms with van der Waals surface area (Å²) in [6.45, 7) is -1.61. The second kappa shape index (κ2) is 7.82. The van der Waals surface area contributed by atoms with Crippen LogP contribution < -0.4 is 5.43 Å². The van der Waals surface area contributed by atoms with Crippen LogP contribution in [0, 0.1) is 29.1 Å². The van der Waals surface area contributed by atoms with Crippen LogP contribution in [0.25, 0.3) is 21.8 Å². The lowest BCUT2D eigenvalue weighted by molar-refractivity contribution is -0.145. The summed E-state index contributed by atoms with van der Waals surface area (Å²) in [5.41, 5.74) is -0.657. The van der Waals surface area contributed by atoms with Gasteiger partial charge >= 0.3 is 5.97 Å². The number of aromatic nitrogens is 1. The number of ether oxygens (including phenoxy) is 1. The lowest BCUT2D eigenvalue weighted by Gasteiger charge is -2.15. The first-order valence-corrected chi connectivity index (χ1v) is 8.97. The topological polar surface area (TPSA) is 48.3 Å². The van der Waals surface area contributed by atoms with Crippen LogP contribution in [0.2, 0.25) is 0 Å². The molecule has 0 saturated carbocycles. The fourth-order valence-corrected chi connectivity index (χ4v) is 3.35. The lowest BCUT2D eigenvalue weighted by Crippen LogP contribution is -2.19. The predicted molar refractivity (Wildman–Crippen MR) is 102 cm³/mol. The average Bonchev–Trinajstić information content (AvgIpc) is 2.79. The van der Waals surface area contributed by atoms with Gasteiger partial charge in [0.05, 0.1) is 16.6 Å². The van der Waals surface area contributed by atoms with Gasteiger partial charge in [-0.05, 0) is 24.3 Å². The summed E-state index contributed by atoms with van der Waals surface area (Å²) in [7, 11) is 0. The van der Waals surface area contributed by atoms with Crippen LogP contribution in [-0.2, 0) is 22.7 Å². The molecular weight excluding hydrogens is 421 g/mol. The Hall–Kier alpha value is -3.75. The quantitative estimate of drug-likeness (QED) is 0.156. The molecule has 0 unspecified atom stereocenters. The first-order valence-electron chi connectivity index (χ1n) is 8.97. The highest BCUT2D eigenvalue weighted by Gasteiger charge is 2.26. The highest BCUT2D eigenvalue weighted by molar-refractivity contribution is 5.94. The molecule has 4 aromatic rings. The van der Waals surface area contributed by atoms with E-state index in [0.29, 0.717) is 21.8 Å². The maximum atomic E-state index is 13.8. The molecule has 1 aromatic heterocycles. The Bertz CT molecular complexity index is 1330. The van der Waals surface area contributed by atoms with Crippen LogP contribution in [-0.4, -0.2) is 10.5 Å².